The summed E-state index contributed by atoms with van der Waals surface area (Å²) in [4.78, 5) is 25.4. The Balaban J connectivity index is 3.95. The molecule has 416 valence electrons. The maximum atomic E-state index is 12.9. The molecule has 0 bridgehead atoms. The molecule has 9 heteroatoms. The summed E-state index contributed by atoms with van der Waals surface area (Å²) >= 11 is 0. The molecule has 0 heterocycles. The largest absolute Gasteiger partial charge is 0.756 e. The van der Waals surface area contributed by atoms with Gasteiger partial charge in [-0.15, -0.1) is 0 Å². The van der Waals surface area contributed by atoms with E-state index >= 15 is 0 Å². The lowest BCUT2D eigenvalue weighted by molar-refractivity contribution is -0.870. The van der Waals surface area contributed by atoms with Gasteiger partial charge in [-0.3, -0.25) is 9.36 Å². The van der Waals surface area contributed by atoms with E-state index in [9.17, 15) is 19.4 Å². The van der Waals surface area contributed by atoms with Crippen LogP contribution in [0.15, 0.2) is 97.2 Å². The highest BCUT2D eigenvalue weighted by molar-refractivity contribution is 7.45. The molecule has 0 aliphatic carbocycles. The number of allylic oxidation sites excluding steroid dienone is 15. The van der Waals surface area contributed by atoms with E-state index in [2.05, 4.69) is 104 Å². The molecule has 0 aliphatic heterocycles. The average Bonchev–Trinajstić information content (AvgIpc) is 3.34. The van der Waals surface area contributed by atoms with Gasteiger partial charge in [0, 0.05) is 6.42 Å². The maximum Gasteiger partial charge on any atom is 0.268 e. The van der Waals surface area contributed by atoms with Crippen molar-refractivity contribution in [1.29, 1.82) is 0 Å². The molecule has 72 heavy (non-hydrogen) atoms. The van der Waals surface area contributed by atoms with Crippen LogP contribution in [0.25, 0.3) is 0 Å². The Bertz CT molecular complexity index is 1490. The van der Waals surface area contributed by atoms with Gasteiger partial charge in [-0.2, -0.15) is 0 Å². The lowest BCUT2D eigenvalue weighted by Crippen LogP contribution is -2.45. The van der Waals surface area contributed by atoms with Crippen LogP contribution in [0.1, 0.15) is 245 Å². The van der Waals surface area contributed by atoms with Gasteiger partial charge in [0.15, 0.2) is 0 Å². The Morgan fingerprint density at radius 1 is 0.500 bits per heavy atom. The molecular weight excluding hydrogens is 912 g/mol. The molecule has 0 rings (SSSR count). The molecule has 0 saturated carbocycles. The van der Waals surface area contributed by atoms with E-state index in [1.54, 1.807) is 6.08 Å². The topological polar surface area (TPSA) is 108 Å². The van der Waals surface area contributed by atoms with Crippen LogP contribution in [0.2, 0.25) is 0 Å². The lowest BCUT2D eigenvalue weighted by Gasteiger charge is -2.29. The summed E-state index contributed by atoms with van der Waals surface area (Å²) in [6.07, 6.45) is 76.5. The zero-order valence-corrected chi connectivity index (χ0v) is 48.2. The molecule has 0 saturated heterocycles. The summed E-state index contributed by atoms with van der Waals surface area (Å²) in [5.41, 5.74) is 0. The number of hydrogen-bond acceptors (Lipinski definition) is 6. The van der Waals surface area contributed by atoms with Crippen LogP contribution in [-0.4, -0.2) is 68.5 Å². The predicted octanol–water partition coefficient (Wildman–Crippen LogP) is 17.6. The van der Waals surface area contributed by atoms with E-state index in [4.69, 9.17) is 9.05 Å². The zero-order valence-electron chi connectivity index (χ0n) is 47.4. The van der Waals surface area contributed by atoms with Crippen LogP contribution in [0.5, 0.6) is 0 Å². The minimum atomic E-state index is -4.59. The van der Waals surface area contributed by atoms with Crippen molar-refractivity contribution in [3.05, 3.63) is 97.2 Å². The van der Waals surface area contributed by atoms with E-state index in [0.717, 1.165) is 83.5 Å². The highest BCUT2D eigenvalue weighted by Gasteiger charge is 2.23. The van der Waals surface area contributed by atoms with Gasteiger partial charge in [0.1, 0.15) is 13.2 Å². The Hall–Kier alpha value is -2.58. The van der Waals surface area contributed by atoms with Gasteiger partial charge in [0.2, 0.25) is 5.91 Å². The van der Waals surface area contributed by atoms with Gasteiger partial charge in [-0.25, -0.2) is 0 Å². The standard InChI is InChI=1S/C63H113N2O6P/c1-6-8-10-12-14-16-18-19-20-21-22-23-24-25-26-27-28-29-30-31-32-33-34-35-36-37-38-39-40-41-42-43-44-45-47-49-51-53-55-57-63(67)64-61(60-71-72(68,69)70-59-58-65(3,4)5)62(66)56-54-52-50-48-46-17-15-13-11-9-7-2/h8,10,14,16,19-20,22-23,25-26,28-29,31-32,54,56,61-62,66H,6-7,9,11-13,15,17-18,21,24,27,30,33-53,55,57-60H2,1-5H3,(H-,64,67,68,69)/b10-8-,16-14-,20-19-,23-22-,26-25-,29-28-,32-31-,56-54+. The number of phosphoric ester groups is 1. The number of aliphatic hydroxyl groups is 1. The molecule has 3 unspecified atom stereocenters. The van der Waals surface area contributed by atoms with E-state index in [-0.39, 0.29) is 19.1 Å². The third kappa shape index (κ3) is 55.2. The van der Waals surface area contributed by atoms with Crippen LogP contribution in [-0.2, 0) is 18.4 Å². The second-order valence-electron chi connectivity index (χ2n) is 21.0. The summed E-state index contributed by atoms with van der Waals surface area (Å²) in [6.45, 7) is 4.52. The van der Waals surface area contributed by atoms with Gasteiger partial charge in [-0.05, 0) is 77.0 Å². The number of quaternary nitrogens is 1. The van der Waals surface area contributed by atoms with Crippen molar-refractivity contribution < 1.29 is 32.9 Å². The van der Waals surface area contributed by atoms with Crippen molar-refractivity contribution in [2.75, 3.05) is 40.9 Å². The molecular formula is C63H113N2O6P. The van der Waals surface area contributed by atoms with Gasteiger partial charge in [0.05, 0.1) is 39.9 Å². The molecule has 8 nitrogen and oxygen atoms in total. The normalized spacial score (nSPS) is 14.6. The fourth-order valence-electron chi connectivity index (χ4n) is 8.19. The van der Waals surface area contributed by atoms with Crippen LogP contribution in [0.4, 0.5) is 0 Å². The first-order valence-electron chi connectivity index (χ1n) is 29.6. The zero-order chi connectivity index (χ0) is 52.7. The number of unbranched alkanes of at least 4 members (excludes halogenated alkanes) is 26. The predicted molar refractivity (Wildman–Crippen MR) is 311 cm³/mol. The van der Waals surface area contributed by atoms with Crippen molar-refractivity contribution >= 4 is 13.7 Å². The van der Waals surface area contributed by atoms with Crippen LogP contribution < -0.4 is 10.2 Å². The molecule has 0 aromatic carbocycles. The third-order valence-electron chi connectivity index (χ3n) is 12.8. The number of hydrogen-bond donors (Lipinski definition) is 2. The number of aliphatic hydroxyl groups excluding tert-OH is 1. The van der Waals surface area contributed by atoms with Crippen molar-refractivity contribution in [1.82, 2.24) is 5.32 Å². The van der Waals surface area contributed by atoms with E-state index in [1.807, 2.05) is 27.2 Å². The van der Waals surface area contributed by atoms with E-state index < -0.39 is 20.0 Å². The Labute approximate surface area is 445 Å². The van der Waals surface area contributed by atoms with Gasteiger partial charge < -0.3 is 28.8 Å². The summed E-state index contributed by atoms with van der Waals surface area (Å²) in [7, 11) is 1.26. The first kappa shape index (κ1) is 69.4. The molecule has 0 fully saturated rings. The summed E-state index contributed by atoms with van der Waals surface area (Å²) in [5.74, 6) is -0.200. The summed E-state index contributed by atoms with van der Waals surface area (Å²) < 4.78 is 23.3. The third-order valence-corrected chi connectivity index (χ3v) is 13.8. The monoisotopic (exact) mass is 1020 g/mol. The van der Waals surface area contributed by atoms with Crippen LogP contribution >= 0.6 is 7.82 Å². The highest BCUT2D eigenvalue weighted by Crippen LogP contribution is 2.38. The number of carbonyl (C=O) groups excluding carboxylic acids is 1. The number of amides is 1. The number of likely N-dealkylation sites (N-methyl/N-ethyl adjacent to an activating group) is 1. The first-order chi connectivity index (χ1) is 35.0. The van der Waals surface area contributed by atoms with Gasteiger partial charge in [0.25, 0.3) is 7.82 Å². The van der Waals surface area contributed by atoms with Crippen LogP contribution in [0, 0.1) is 0 Å². The maximum absolute atomic E-state index is 12.9. The molecule has 0 spiro atoms. The van der Waals surface area contributed by atoms with Crippen molar-refractivity contribution in [2.24, 2.45) is 0 Å². The second-order valence-corrected chi connectivity index (χ2v) is 22.4. The van der Waals surface area contributed by atoms with Gasteiger partial charge >= 0.3 is 0 Å². The summed E-state index contributed by atoms with van der Waals surface area (Å²) in [5, 5.41) is 13.8. The second kappa shape index (κ2) is 53.3. The fraction of sp³-hybridized carbons (Fsp3) is 0.730. The number of rotatable bonds is 53. The number of phosphoric acid groups is 1. The van der Waals surface area contributed by atoms with Crippen molar-refractivity contribution in [2.45, 2.75) is 257 Å². The average molecular weight is 1030 g/mol. The molecule has 0 aliphatic rings. The number of nitrogens with zero attached hydrogens (tertiary/aromatic N) is 1. The molecule has 1 amide bonds. The summed E-state index contributed by atoms with van der Waals surface area (Å²) in [6, 6.07) is -0.888. The quantitative estimate of drug-likeness (QED) is 0.0272. The molecule has 0 aromatic heterocycles. The molecule has 3 atom stereocenters. The Kier molecular flexibility index (Phi) is 51.3. The van der Waals surface area contributed by atoms with Crippen molar-refractivity contribution in [3.63, 3.8) is 0 Å². The number of nitrogens with one attached hydrogen (secondary N) is 1. The van der Waals surface area contributed by atoms with Crippen LogP contribution in [0.3, 0.4) is 0 Å². The fourth-order valence-corrected chi connectivity index (χ4v) is 8.92. The minimum Gasteiger partial charge on any atom is -0.756 e. The Morgan fingerprint density at radius 2 is 0.847 bits per heavy atom. The SMILES string of the molecule is CC/C=C\C/C=C\C/C=C\C/C=C\C/C=C\C/C=C\C/C=C\CCCCCCCCCCCCCCCCCCCC(=O)NC(COP(=O)([O-])OCC[N+](C)(C)C)C(O)/C=C/CCCCCCCCCCC. The van der Waals surface area contributed by atoms with Crippen molar-refractivity contribution in [3.8, 4) is 0 Å². The molecule has 0 radical (unpaired) electrons. The Morgan fingerprint density at radius 3 is 1.24 bits per heavy atom. The lowest BCUT2D eigenvalue weighted by atomic mass is 10.0. The highest BCUT2D eigenvalue weighted by atomic mass is 31.2. The molecule has 0 aromatic rings. The number of carbonyl (C=O) groups is 1. The minimum absolute atomic E-state index is 0.00312. The van der Waals surface area contributed by atoms with E-state index in [1.165, 1.54) is 141 Å². The first-order valence-corrected chi connectivity index (χ1v) is 31.1. The smallest absolute Gasteiger partial charge is 0.268 e. The molecule has 2 N–H and O–H groups in total. The van der Waals surface area contributed by atoms with Gasteiger partial charge in [-0.1, -0.05) is 259 Å². The van der Waals surface area contributed by atoms with E-state index in [0.29, 0.717) is 17.4 Å².